The first kappa shape index (κ1) is 21.5. The summed E-state index contributed by atoms with van der Waals surface area (Å²) in [5.74, 6) is 0.224. The number of ether oxygens (including phenoxy) is 3. The van der Waals surface area contributed by atoms with Crippen LogP contribution in [0.2, 0.25) is 5.02 Å². The molecule has 3 aromatic carbocycles. The van der Waals surface area contributed by atoms with Gasteiger partial charge in [0, 0.05) is 12.1 Å². The van der Waals surface area contributed by atoms with Crippen molar-refractivity contribution >= 4 is 34.2 Å². The molecule has 0 N–H and O–H groups in total. The first-order valence-corrected chi connectivity index (χ1v) is 9.72. The van der Waals surface area contributed by atoms with Crippen LogP contribution in [0.4, 0.5) is 0 Å². The van der Waals surface area contributed by atoms with Gasteiger partial charge in [-0.2, -0.15) is 0 Å². The van der Waals surface area contributed by atoms with Crippen LogP contribution >= 0.6 is 11.6 Å². The van der Waals surface area contributed by atoms with Crippen molar-refractivity contribution in [1.29, 1.82) is 0 Å². The zero-order valence-electron chi connectivity index (χ0n) is 16.8. The average Bonchev–Trinajstić information content (AvgIpc) is 2.77. The van der Waals surface area contributed by atoms with Gasteiger partial charge in [-0.25, -0.2) is 4.79 Å². The number of hydrogen-bond acceptors (Lipinski definition) is 5. The summed E-state index contributed by atoms with van der Waals surface area (Å²) in [6, 6.07) is 18.0. The minimum atomic E-state index is -0.520. The van der Waals surface area contributed by atoms with Crippen LogP contribution in [-0.2, 0) is 9.53 Å². The van der Waals surface area contributed by atoms with Crippen molar-refractivity contribution < 1.29 is 23.8 Å². The second kappa shape index (κ2) is 9.98. The molecule has 0 aliphatic heterocycles. The topological polar surface area (TPSA) is 65.1 Å². The fourth-order valence-corrected chi connectivity index (χ4v) is 2.94. The molecular formula is C23H22ClNO5. The summed E-state index contributed by atoms with van der Waals surface area (Å²) in [5, 5.41) is 2.41. The average molecular weight is 428 g/mol. The maximum atomic E-state index is 12.4. The van der Waals surface area contributed by atoms with E-state index in [2.05, 4.69) is 0 Å². The van der Waals surface area contributed by atoms with Crippen LogP contribution in [0.3, 0.4) is 0 Å². The van der Waals surface area contributed by atoms with Crippen molar-refractivity contribution in [2.24, 2.45) is 0 Å². The van der Waals surface area contributed by atoms with E-state index in [1.165, 1.54) is 12.0 Å². The third kappa shape index (κ3) is 5.42. The summed E-state index contributed by atoms with van der Waals surface area (Å²) in [7, 11) is 2.97. The van der Waals surface area contributed by atoms with Crippen LogP contribution < -0.4 is 9.47 Å². The molecule has 0 atom stereocenters. The summed E-state index contributed by atoms with van der Waals surface area (Å²) < 4.78 is 16.1. The molecule has 0 radical (unpaired) electrons. The number of halogens is 1. The van der Waals surface area contributed by atoms with Gasteiger partial charge in [-0.1, -0.05) is 35.9 Å². The highest BCUT2D eigenvalue weighted by Crippen LogP contribution is 2.27. The maximum absolute atomic E-state index is 12.4. The fourth-order valence-electron chi connectivity index (χ4n) is 2.81. The van der Waals surface area contributed by atoms with E-state index in [0.717, 1.165) is 10.8 Å². The highest BCUT2D eigenvalue weighted by molar-refractivity contribution is 6.30. The Bertz CT molecular complexity index is 1040. The van der Waals surface area contributed by atoms with Crippen LogP contribution in [0.5, 0.6) is 11.5 Å². The van der Waals surface area contributed by atoms with E-state index in [9.17, 15) is 9.59 Å². The Balaban J connectivity index is 1.59. The SMILES string of the molecule is COC(=O)c1cc2ccccc2cc1OCC(=O)N(C)CCOc1ccc(Cl)cc1. The van der Waals surface area contributed by atoms with E-state index in [1.54, 1.807) is 43.4 Å². The predicted molar refractivity (Wildman–Crippen MR) is 115 cm³/mol. The number of rotatable bonds is 8. The second-order valence-corrected chi connectivity index (χ2v) is 7.03. The lowest BCUT2D eigenvalue weighted by molar-refractivity contribution is -0.132. The zero-order valence-corrected chi connectivity index (χ0v) is 17.5. The molecule has 0 heterocycles. The number of methoxy groups -OCH3 is 1. The van der Waals surface area contributed by atoms with Gasteiger partial charge in [-0.05, 0) is 47.2 Å². The number of likely N-dealkylation sites (N-methyl/N-ethyl adjacent to an activating group) is 1. The summed E-state index contributed by atoms with van der Waals surface area (Å²) in [6.07, 6.45) is 0. The van der Waals surface area contributed by atoms with Crippen molar-refractivity contribution in [3.8, 4) is 11.5 Å². The Morgan fingerprint density at radius 3 is 2.30 bits per heavy atom. The molecule has 0 spiro atoms. The fraction of sp³-hybridized carbons (Fsp3) is 0.217. The van der Waals surface area contributed by atoms with Gasteiger partial charge in [0.25, 0.3) is 5.91 Å². The Labute approximate surface area is 179 Å². The van der Waals surface area contributed by atoms with Crippen LogP contribution in [0.1, 0.15) is 10.4 Å². The number of esters is 1. The molecule has 0 aliphatic carbocycles. The molecular weight excluding hydrogens is 406 g/mol. The van der Waals surface area contributed by atoms with E-state index in [0.29, 0.717) is 29.7 Å². The normalized spacial score (nSPS) is 10.5. The quantitative estimate of drug-likeness (QED) is 0.504. The Morgan fingerprint density at radius 1 is 0.967 bits per heavy atom. The van der Waals surface area contributed by atoms with Crippen molar-refractivity contribution in [3.63, 3.8) is 0 Å². The van der Waals surface area contributed by atoms with Crippen LogP contribution in [0, 0.1) is 0 Å². The zero-order chi connectivity index (χ0) is 21.5. The van der Waals surface area contributed by atoms with Crippen LogP contribution in [0.15, 0.2) is 60.7 Å². The van der Waals surface area contributed by atoms with Crippen molar-refractivity contribution in [3.05, 3.63) is 71.2 Å². The number of benzene rings is 3. The number of carbonyl (C=O) groups excluding carboxylic acids is 2. The van der Waals surface area contributed by atoms with E-state index >= 15 is 0 Å². The monoisotopic (exact) mass is 427 g/mol. The Morgan fingerprint density at radius 2 is 1.63 bits per heavy atom. The molecule has 1 amide bonds. The summed E-state index contributed by atoms with van der Waals surface area (Å²) in [5.41, 5.74) is 0.276. The number of hydrogen-bond donors (Lipinski definition) is 0. The van der Waals surface area contributed by atoms with Gasteiger partial charge in [-0.15, -0.1) is 0 Å². The number of amides is 1. The van der Waals surface area contributed by atoms with E-state index < -0.39 is 5.97 Å². The molecule has 0 unspecified atom stereocenters. The van der Waals surface area contributed by atoms with Crippen molar-refractivity contribution in [2.75, 3.05) is 33.9 Å². The van der Waals surface area contributed by atoms with Gasteiger partial charge in [-0.3, -0.25) is 4.79 Å². The highest BCUT2D eigenvalue weighted by atomic mass is 35.5. The molecule has 0 aliphatic rings. The van der Waals surface area contributed by atoms with Gasteiger partial charge in [0.15, 0.2) is 6.61 Å². The van der Waals surface area contributed by atoms with Crippen LogP contribution in [0.25, 0.3) is 10.8 Å². The molecule has 0 aromatic heterocycles. The van der Waals surface area contributed by atoms with Gasteiger partial charge in [0.2, 0.25) is 0 Å². The molecule has 30 heavy (non-hydrogen) atoms. The molecule has 0 fully saturated rings. The highest BCUT2D eigenvalue weighted by Gasteiger charge is 2.17. The van der Waals surface area contributed by atoms with Gasteiger partial charge >= 0.3 is 5.97 Å². The number of fused-ring (bicyclic) bond motifs is 1. The lowest BCUT2D eigenvalue weighted by Crippen LogP contribution is -2.34. The largest absolute Gasteiger partial charge is 0.492 e. The molecule has 0 saturated heterocycles. The number of carbonyl (C=O) groups is 2. The van der Waals surface area contributed by atoms with Crippen molar-refractivity contribution in [2.45, 2.75) is 0 Å². The molecule has 156 valence electrons. The first-order valence-electron chi connectivity index (χ1n) is 9.34. The minimum Gasteiger partial charge on any atom is -0.492 e. The molecule has 0 bridgehead atoms. The summed E-state index contributed by atoms with van der Waals surface area (Å²) in [6.45, 7) is 0.499. The third-order valence-electron chi connectivity index (χ3n) is 4.54. The maximum Gasteiger partial charge on any atom is 0.341 e. The van der Waals surface area contributed by atoms with Gasteiger partial charge in [0.05, 0.1) is 13.7 Å². The van der Waals surface area contributed by atoms with Crippen molar-refractivity contribution in [1.82, 2.24) is 4.90 Å². The molecule has 7 heteroatoms. The molecule has 3 aromatic rings. The lowest BCUT2D eigenvalue weighted by Gasteiger charge is -2.18. The summed E-state index contributed by atoms with van der Waals surface area (Å²) in [4.78, 5) is 26.1. The second-order valence-electron chi connectivity index (χ2n) is 6.59. The molecule has 3 rings (SSSR count). The van der Waals surface area contributed by atoms with E-state index in [-0.39, 0.29) is 18.1 Å². The smallest absolute Gasteiger partial charge is 0.341 e. The molecule has 6 nitrogen and oxygen atoms in total. The predicted octanol–water partition coefficient (Wildman–Crippen LogP) is 4.20. The van der Waals surface area contributed by atoms with E-state index in [4.69, 9.17) is 25.8 Å². The summed E-state index contributed by atoms with van der Waals surface area (Å²) >= 11 is 5.84. The van der Waals surface area contributed by atoms with Crippen LogP contribution in [-0.4, -0.2) is 50.7 Å². The van der Waals surface area contributed by atoms with Gasteiger partial charge in [0.1, 0.15) is 23.7 Å². The number of nitrogens with zero attached hydrogens (tertiary/aromatic N) is 1. The Hall–Kier alpha value is -3.25. The first-order chi connectivity index (χ1) is 14.5. The van der Waals surface area contributed by atoms with E-state index in [1.807, 2.05) is 24.3 Å². The molecule has 0 saturated carbocycles. The third-order valence-corrected chi connectivity index (χ3v) is 4.79. The minimum absolute atomic E-state index is 0.209. The van der Waals surface area contributed by atoms with Gasteiger partial charge < -0.3 is 19.1 Å². The standard InChI is InChI=1S/C23H22ClNO5/c1-25(11-12-29-19-9-7-18(24)8-10-19)22(26)15-30-21-14-17-6-4-3-5-16(17)13-20(21)23(27)28-2/h3-10,13-14H,11-12,15H2,1-2H3. The Kier molecular flexibility index (Phi) is 7.14. The lowest BCUT2D eigenvalue weighted by atomic mass is 10.1.